The van der Waals surface area contributed by atoms with E-state index in [1.807, 2.05) is 0 Å². The molecule has 0 aromatic heterocycles. The van der Waals surface area contributed by atoms with Gasteiger partial charge in [-0.25, -0.2) is 0 Å². The zero-order valence-electron chi connectivity index (χ0n) is 10.8. The third kappa shape index (κ3) is 3.18. The van der Waals surface area contributed by atoms with E-state index in [0.717, 1.165) is 25.3 Å². The van der Waals surface area contributed by atoms with Gasteiger partial charge < -0.3 is 10.4 Å². The fourth-order valence-electron chi connectivity index (χ4n) is 2.14. The van der Waals surface area contributed by atoms with Gasteiger partial charge in [0, 0.05) is 24.1 Å². The maximum atomic E-state index is 9.49. The van der Waals surface area contributed by atoms with E-state index in [1.54, 1.807) is 0 Å². The standard InChI is InChI=1S/C13H27NO/c1-5-13(6-2,10-15)9-14-12(3,4)11-7-8-11/h11,14-15H,5-10H2,1-4H3. The smallest absolute Gasteiger partial charge is 0.0499 e. The average molecular weight is 213 g/mol. The van der Waals surface area contributed by atoms with Crippen LogP contribution in [0.2, 0.25) is 0 Å². The van der Waals surface area contributed by atoms with Crippen molar-refractivity contribution in [3.63, 3.8) is 0 Å². The lowest BCUT2D eigenvalue weighted by molar-refractivity contribution is 0.101. The van der Waals surface area contributed by atoms with Gasteiger partial charge >= 0.3 is 0 Å². The van der Waals surface area contributed by atoms with E-state index in [4.69, 9.17) is 0 Å². The highest BCUT2D eigenvalue weighted by atomic mass is 16.3. The van der Waals surface area contributed by atoms with Gasteiger partial charge in [0.2, 0.25) is 0 Å². The van der Waals surface area contributed by atoms with Crippen LogP contribution >= 0.6 is 0 Å². The highest BCUT2D eigenvalue weighted by Crippen LogP contribution is 2.39. The first-order valence-corrected chi connectivity index (χ1v) is 6.35. The number of aliphatic hydroxyl groups is 1. The first kappa shape index (κ1) is 13.0. The summed E-state index contributed by atoms with van der Waals surface area (Å²) in [5.74, 6) is 0.850. The Morgan fingerprint density at radius 3 is 2.07 bits per heavy atom. The normalized spacial score (nSPS) is 18.2. The van der Waals surface area contributed by atoms with Gasteiger partial charge in [0.15, 0.2) is 0 Å². The molecule has 0 spiro atoms. The van der Waals surface area contributed by atoms with Crippen molar-refractivity contribution in [2.45, 2.75) is 58.9 Å². The molecule has 0 bridgehead atoms. The molecule has 0 heterocycles. The van der Waals surface area contributed by atoms with Crippen molar-refractivity contribution in [3.05, 3.63) is 0 Å². The number of nitrogens with one attached hydrogen (secondary N) is 1. The van der Waals surface area contributed by atoms with Crippen molar-refractivity contribution < 1.29 is 5.11 Å². The Morgan fingerprint density at radius 2 is 1.73 bits per heavy atom. The van der Waals surface area contributed by atoms with Crippen molar-refractivity contribution >= 4 is 0 Å². The van der Waals surface area contributed by atoms with E-state index in [9.17, 15) is 5.11 Å². The van der Waals surface area contributed by atoms with E-state index in [-0.39, 0.29) is 11.0 Å². The van der Waals surface area contributed by atoms with Gasteiger partial charge in [-0.05, 0) is 45.4 Å². The molecule has 0 unspecified atom stereocenters. The highest BCUT2D eigenvalue weighted by molar-refractivity contribution is 4.95. The van der Waals surface area contributed by atoms with Crippen LogP contribution in [0, 0.1) is 11.3 Å². The maximum Gasteiger partial charge on any atom is 0.0499 e. The molecule has 2 heteroatoms. The van der Waals surface area contributed by atoms with Gasteiger partial charge in [0.05, 0.1) is 0 Å². The fraction of sp³-hybridized carbons (Fsp3) is 1.00. The molecule has 0 atom stereocenters. The molecular weight excluding hydrogens is 186 g/mol. The van der Waals surface area contributed by atoms with Crippen LogP contribution in [0.4, 0.5) is 0 Å². The van der Waals surface area contributed by atoms with Crippen LogP contribution in [0.3, 0.4) is 0 Å². The second-order valence-electron chi connectivity index (χ2n) is 5.71. The van der Waals surface area contributed by atoms with Crippen LogP contribution in [0.25, 0.3) is 0 Å². The summed E-state index contributed by atoms with van der Waals surface area (Å²) in [5, 5.41) is 13.1. The van der Waals surface area contributed by atoms with E-state index >= 15 is 0 Å². The van der Waals surface area contributed by atoms with Gasteiger partial charge in [0.25, 0.3) is 0 Å². The second-order valence-corrected chi connectivity index (χ2v) is 5.71. The monoisotopic (exact) mass is 213 g/mol. The number of rotatable bonds is 7. The largest absolute Gasteiger partial charge is 0.396 e. The molecule has 1 saturated carbocycles. The lowest BCUT2D eigenvalue weighted by Crippen LogP contribution is -2.48. The van der Waals surface area contributed by atoms with Gasteiger partial charge in [-0.1, -0.05) is 13.8 Å². The summed E-state index contributed by atoms with van der Waals surface area (Å²) in [7, 11) is 0. The summed E-state index contributed by atoms with van der Waals surface area (Å²) in [6, 6.07) is 0. The average Bonchev–Trinajstić information content (AvgIpc) is 3.04. The van der Waals surface area contributed by atoms with Crippen molar-refractivity contribution in [2.24, 2.45) is 11.3 Å². The SMILES string of the molecule is CCC(CC)(CO)CNC(C)(C)C1CC1. The topological polar surface area (TPSA) is 32.3 Å². The van der Waals surface area contributed by atoms with Crippen molar-refractivity contribution in [3.8, 4) is 0 Å². The Kier molecular flexibility index (Phi) is 4.19. The van der Waals surface area contributed by atoms with Gasteiger partial charge in [-0.2, -0.15) is 0 Å². The summed E-state index contributed by atoms with van der Waals surface area (Å²) in [4.78, 5) is 0. The van der Waals surface area contributed by atoms with E-state index in [0.29, 0.717) is 6.61 Å². The predicted octanol–water partition coefficient (Wildman–Crippen LogP) is 2.56. The molecule has 0 aromatic carbocycles. The third-order valence-corrected chi connectivity index (χ3v) is 4.35. The summed E-state index contributed by atoms with van der Waals surface area (Å²) in [5.41, 5.74) is 0.344. The van der Waals surface area contributed by atoms with Crippen molar-refractivity contribution in [2.75, 3.05) is 13.2 Å². The number of hydrogen-bond donors (Lipinski definition) is 2. The van der Waals surface area contributed by atoms with Crippen LogP contribution < -0.4 is 5.32 Å². The summed E-state index contributed by atoms with van der Waals surface area (Å²) >= 11 is 0. The first-order valence-electron chi connectivity index (χ1n) is 6.35. The number of hydrogen-bond acceptors (Lipinski definition) is 2. The minimum Gasteiger partial charge on any atom is -0.396 e. The first-order chi connectivity index (χ1) is 6.99. The molecule has 0 saturated heterocycles. The van der Waals surface area contributed by atoms with Gasteiger partial charge in [-0.15, -0.1) is 0 Å². The predicted molar refractivity (Wildman–Crippen MR) is 64.9 cm³/mol. The fourth-order valence-corrected chi connectivity index (χ4v) is 2.14. The number of aliphatic hydroxyl groups excluding tert-OH is 1. The summed E-state index contributed by atoms with van der Waals surface area (Å²) in [6.45, 7) is 10.2. The lowest BCUT2D eigenvalue weighted by atomic mass is 9.82. The molecule has 2 nitrogen and oxygen atoms in total. The molecule has 90 valence electrons. The minimum absolute atomic E-state index is 0.0894. The minimum atomic E-state index is 0.0894. The van der Waals surface area contributed by atoms with Crippen LogP contribution in [0.15, 0.2) is 0 Å². The third-order valence-electron chi connectivity index (χ3n) is 4.35. The molecule has 1 fully saturated rings. The quantitative estimate of drug-likeness (QED) is 0.681. The zero-order valence-corrected chi connectivity index (χ0v) is 10.8. The summed E-state index contributed by atoms with van der Waals surface area (Å²) in [6.07, 6.45) is 4.83. The molecule has 1 aliphatic carbocycles. The molecule has 15 heavy (non-hydrogen) atoms. The zero-order chi connectivity index (χ0) is 11.5. The molecule has 1 aliphatic rings. The Bertz CT molecular complexity index is 184. The maximum absolute atomic E-state index is 9.49. The molecule has 0 amide bonds. The molecule has 2 N–H and O–H groups in total. The van der Waals surface area contributed by atoms with E-state index in [1.165, 1.54) is 12.8 Å². The van der Waals surface area contributed by atoms with Crippen molar-refractivity contribution in [1.29, 1.82) is 0 Å². The molecule has 0 aromatic rings. The Hall–Kier alpha value is -0.0800. The van der Waals surface area contributed by atoms with Crippen LogP contribution in [0.1, 0.15) is 53.4 Å². The van der Waals surface area contributed by atoms with Crippen LogP contribution in [-0.4, -0.2) is 23.8 Å². The molecule has 1 rings (SSSR count). The Morgan fingerprint density at radius 1 is 1.20 bits per heavy atom. The lowest BCUT2D eigenvalue weighted by Gasteiger charge is -2.35. The van der Waals surface area contributed by atoms with Gasteiger partial charge in [0.1, 0.15) is 0 Å². The summed E-state index contributed by atoms with van der Waals surface area (Å²) < 4.78 is 0. The second kappa shape index (κ2) is 4.84. The van der Waals surface area contributed by atoms with Crippen LogP contribution in [-0.2, 0) is 0 Å². The van der Waals surface area contributed by atoms with Gasteiger partial charge in [-0.3, -0.25) is 0 Å². The highest BCUT2D eigenvalue weighted by Gasteiger charge is 2.38. The molecular formula is C13H27NO. The molecule has 0 aliphatic heterocycles. The van der Waals surface area contributed by atoms with E-state index < -0.39 is 0 Å². The molecule has 0 radical (unpaired) electrons. The van der Waals surface area contributed by atoms with E-state index in [2.05, 4.69) is 33.0 Å². The Labute approximate surface area is 94.5 Å². The van der Waals surface area contributed by atoms with Crippen molar-refractivity contribution in [1.82, 2.24) is 5.32 Å². The van der Waals surface area contributed by atoms with Crippen LogP contribution in [0.5, 0.6) is 0 Å². The Balaban J connectivity index is 2.45.